The third-order valence-electron chi connectivity index (χ3n) is 4.65. The summed E-state index contributed by atoms with van der Waals surface area (Å²) in [4.78, 5) is 40.9. The van der Waals surface area contributed by atoms with Gasteiger partial charge >= 0.3 is 5.97 Å². The Bertz CT molecular complexity index is 913. The maximum Gasteiger partial charge on any atom is 0.306 e. The summed E-state index contributed by atoms with van der Waals surface area (Å²) in [5.74, 6) is -0.115. The maximum absolute atomic E-state index is 12.8. The smallest absolute Gasteiger partial charge is 0.306 e. The number of amides is 1. The molecule has 0 radical (unpaired) electrons. The first kappa shape index (κ1) is 16.8. The quantitative estimate of drug-likeness (QED) is 0.760. The Morgan fingerprint density at radius 3 is 2.69 bits per heavy atom. The standard InChI is InChI=1S/C19H21N3O4/c23-17(20-12-5-6-12)11-26-18(24)10-9-16-21-15-4-2-1-3-14(15)19(25)22(16)13-7-8-13/h1-4,12-13H,5-11H2,(H,20,23). The molecular formula is C19H21N3O4. The molecule has 2 aromatic rings. The Hall–Kier alpha value is -2.70. The molecule has 0 bridgehead atoms. The maximum atomic E-state index is 12.8. The fourth-order valence-electron chi connectivity index (χ4n) is 3.01. The van der Waals surface area contributed by atoms with Gasteiger partial charge in [-0.15, -0.1) is 0 Å². The number of benzene rings is 1. The number of ether oxygens (including phenoxy) is 1. The molecule has 7 nitrogen and oxygen atoms in total. The second-order valence-electron chi connectivity index (χ2n) is 6.95. The van der Waals surface area contributed by atoms with E-state index in [4.69, 9.17) is 4.74 Å². The number of aromatic nitrogens is 2. The summed E-state index contributed by atoms with van der Waals surface area (Å²) in [6.07, 6.45) is 4.31. The molecule has 1 aromatic heterocycles. The van der Waals surface area contributed by atoms with E-state index in [1.54, 1.807) is 16.7 Å². The molecule has 2 aliphatic carbocycles. The minimum atomic E-state index is -0.458. The van der Waals surface area contributed by atoms with Crippen molar-refractivity contribution in [3.8, 4) is 0 Å². The first-order chi connectivity index (χ1) is 12.6. The number of rotatable bonds is 7. The third-order valence-corrected chi connectivity index (χ3v) is 4.65. The number of para-hydroxylation sites is 1. The van der Waals surface area contributed by atoms with Crippen LogP contribution >= 0.6 is 0 Å². The monoisotopic (exact) mass is 355 g/mol. The first-order valence-corrected chi connectivity index (χ1v) is 9.07. The lowest BCUT2D eigenvalue weighted by Gasteiger charge is -2.12. The van der Waals surface area contributed by atoms with Crippen LogP contribution in [0.5, 0.6) is 0 Å². The van der Waals surface area contributed by atoms with E-state index >= 15 is 0 Å². The Kier molecular flexibility index (Phi) is 4.44. The van der Waals surface area contributed by atoms with Crippen LogP contribution in [0.2, 0.25) is 0 Å². The average molecular weight is 355 g/mol. The molecule has 136 valence electrons. The molecule has 2 fully saturated rings. The summed E-state index contributed by atoms with van der Waals surface area (Å²) >= 11 is 0. The average Bonchev–Trinajstić information content (AvgIpc) is 3.53. The lowest BCUT2D eigenvalue weighted by molar-refractivity contribution is -0.148. The van der Waals surface area contributed by atoms with E-state index in [9.17, 15) is 14.4 Å². The molecule has 26 heavy (non-hydrogen) atoms. The molecule has 1 N–H and O–H groups in total. The number of hydrogen-bond donors (Lipinski definition) is 1. The van der Waals surface area contributed by atoms with Crippen LogP contribution < -0.4 is 10.9 Å². The highest BCUT2D eigenvalue weighted by Crippen LogP contribution is 2.34. The van der Waals surface area contributed by atoms with Crippen molar-refractivity contribution in [2.45, 2.75) is 50.6 Å². The highest BCUT2D eigenvalue weighted by molar-refractivity contribution is 5.81. The second-order valence-corrected chi connectivity index (χ2v) is 6.95. The van der Waals surface area contributed by atoms with Crippen LogP contribution in [-0.2, 0) is 20.7 Å². The van der Waals surface area contributed by atoms with Crippen molar-refractivity contribution >= 4 is 22.8 Å². The number of carbonyl (C=O) groups excluding carboxylic acids is 2. The predicted octanol–water partition coefficient (Wildman–Crippen LogP) is 1.49. The molecule has 2 aliphatic rings. The van der Waals surface area contributed by atoms with Gasteiger partial charge in [0.25, 0.3) is 11.5 Å². The van der Waals surface area contributed by atoms with Crippen LogP contribution in [-0.4, -0.2) is 34.1 Å². The van der Waals surface area contributed by atoms with Gasteiger partial charge in [0.15, 0.2) is 6.61 Å². The van der Waals surface area contributed by atoms with Gasteiger partial charge in [0, 0.05) is 18.5 Å². The summed E-state index contributed by atoms with van der Waals surface area (Å²) in [6.45, 7) is -0.254. The van der Waals surface area contributed by atoms with Gasteiger partial charge in [0.1, 0.15) is 5.82 Å². The van der Waals surface area contributed by atoms with Crippen molar-refractivity contribution in [1.82, 2.24) is 14.9 Å². The van der Waals surface area contributed by atoms with Crippen LogP contribution in [0.25, 0.3) is 10.9 Å². The van der Waals surface area contributed by atoms with Gasteiger partial charge in [-0.3, -0.25) is 19.0 Å². The Morgan fingerprint density at radius 1 is 1.19 bits per heavy atom. The first-order valence-electron chi connectivity index (χ1n) is 9.07. The minimum absolute atomic E-state index is 0.0507. The van der Waals surface area contributed by atoms with Crippen molar-refractivity contribution in [3.05, 3.63) is 40.4 Å². The molecule has 2 saturated carbocycles. The van der Waals surface area contributed by atoms with Crippen molar-refractivity contribution in [2.75, 3.05) is 6.61 Å². The van der Waals surface area contributed by atoms with Crippen molar-refractivity contribution in [1.29, 1.82) is 0 Å². The summed E-state index contributed by atoms with van der Waals surface area (Å²) in [6, 6.07) is 7.67. The molecule has 0 aliphatic heterocycles. The Balaban J connectivity index is 1.43. The van der Waals surface area contributed by atoms with E-state index in [1.807, 2.05) is 12.1 Å². The van der Waals surface area contributed by atoms with Gasteiger partial charge in [0.2, 0.25) is 0 Å². The van der Waals surface area contributed by atoms with Gasteiger partial charge in [-0.05, 0) is 37.8 Å². The zero-order chi connectivity index (χ0) is 18.1. The number of nitrogens with zero attached hydrogens (tertiary/aromatic N) is 2. The Morgan fingerprint density at radius 2 is 1.96 bits per heavy atom. The van der Waals surface area contributed by atoms with E-state index in [1.165, 1.54) is 0 Å². The van der Waals surface area contributed by atoms with Crippen LogP contribution in [0, 0.1) is 0 Å². The number of carbonyl (C=O) groups is 2. The summed E-state index contributed by atoms with van der Waals surface area (Å²) in [5, 5.41) is 3.37. The molecular weight excluding hydrogens is 334 g/mol. The summed E-state index contributed by atoms with van der Waals surface area (Å²) < 4.78 is 6.74. The third kappa shape index (κ3) is 3.76. The molecule has 1 heterocycles. The van der Waals surface area contributed by atoms with E-state index < -0.39 is 5.97 Å². The number of fused-ring (bicyclic) bond motifs is 1. The van der Waals surface area contributed by atoms with Gasteiger partial charge in [-0.25, -0.2) is 4.98 Å². The number of esters is 1. The summed E-state index contributed by atoms with van der Waals surface area (Å²) in [5.41, 5.74) is 0.590. The van der Waals surface area contributed by atoms with Crippen molar-refractivity contribution < 1.29 is 14.3 Å². The molecule has 0 spiro atoms. The van der Waals surface area contributed by atoms with E-state index in [0.29, 0.717) is 23.1 Å². The molecule has 0 atom stereocenters. The van der Waals surface area contributed by atoms with Gasteiger partial charge < -0.3 is 10.1 Å². The van der Waals surface area contributed by atoms with Gasteiger partial charge in [0.05, 0.1) is 17.3 Å². The molecule has 1 amide bonds. The van der Waals surface area contributed by atoms with Gasteiger partial charge in [-0.2, -0.15) is 0 Å². The second kappa shape index (κ2) is 6.90. The lowest BCUT2D eigenvalue weighted by atomic mass is 10.2. The van der Waals surface area contributed by atoms with Crippen molar-refractivity contribution in [2.24, 2.45) is 0 Å². The highest BCUT2D eigenvalue weighted by Gasteiger charge is 2.28. The van der Waals surface area contributed by atoms with Crippen LogP contribution in [0.4, 0.5) is 0 Å². The fraction of sp³-hybridized carbons (Fsp3) is 0.474. The Labute approximate surface area is 150 Å². The van der Waals surface area contributed by atoms with E-state index in [0.717, 1.165) is 25.7 Å². The molecule has 1 aromatic carbocycles. The van der Waals surface area contributed by atoms with Crippen LogP contribution in [0.1, 0.15) is 44.0 Å². The number of hydrogen-bond acceptors (Lipinski definition) is 5. The highest BCUT2D eigenvalue weighted by atomic mass is 16.5. The van der Waals surface area contributed by atoms with Crippen LogP contribution in [0.3, 0.4) is 0 Å². The number of nitrogens with one attached hydrogen (secondary N) is 1. The normalized spacial score (nSPS) is 16.5. The molecule has 0 unspecified atom stereocenters. The van der Waals surface area contributed by atoms with Crippen molar-refractivity contribution in [3.63, 3.8) is 0 Å². The zero-order valence-corrected chi connectivity index (χ0v) is 14.4. The largest absolute Gasteiger partial charge is 0.456 e. The molecule has 7 heteroatoms. The van der Waals surface area contributed by atoms with Gasteiger partial charge in [-0.1, -0.05) is 12.1 Å². The predicted molar refractivity (Wildman–Crippen MR) is 94.7 cm³/mol. The molecule has 0 saturated heterocycles. The minimum Gasteiger partial charge on any atom is -0.456 e. The van der Waals surface area contributed by atoms with Crippen LogP contribution in [0.15, 0.2) is 29.1 Å². The topological polar surface area (TPSA) is 90.3 Å². The lowest BCUT2D eigenvalue weighted by Crippen LogP contribution is -2.30. The fourth-order valence-corrected chi connectivity index (χ4v) is 3.01. The molecule has 4 rings (SSSR count). The summed E-state index contributed by atoms with van der Waals surface area (Å²) in [7, 11) is 0. The SMILES string of the molecule is O=C(COC(=O)CCc1nc2ccccc2c(=O)n1C1CC1)NC1CC1. The number of aryl methyl sites for hydroxylation is 1. The van der Waals surface area contributed by atoms with E-state index in [2.05, 4.69) is 10.3 Å². The van der Waals surface area contributed by atoms with E-state index in [-0.39, 0.29) is 36.6 Å². The zero-order valence-electron chi connectivity index (χ0n) is 14.4.